The van der Waals surface area contributed by atoms with Gasteiger partial charge in [-0.2, -0.15) is 5.10 Å². The van der Waals surface area contributed by atoms with E-state index in [9.17, 15) is 4.79 Å². The molecule has 1 N–H and O–H groups in total. The van der Waals surface area contributed by atoms with E-state index >= 15 is 0 Å². The van der Waals surface area contributed by atoms with E-state index in [0.29, 0.717) is 17.4 Å². The molecular weight excluding hydrogens is 324 g/mol. The zero-order chi connectivity index (χ0) is 17.3. The number of fused-ring (bicyclic) bond motifs is 1. The molecular formula is C17H20N4O2S. The molecule has 7 heteroatoms. The van der Waals surface area contributed by atoms with E-state index in [1.54, 1.807) is 6.07 Å². The molecule has 2 heterocycles. The van der Waals surface area contributed by atoms with Crippen LogP contribution >= 0.6 is 11.3 Å². The summed E-state index contributed by atoms with van der Waals surface area (Å²) in [5.74, 6) is 0.555. The first kappa shape index (κ1) is 16.4. The number of ether oxygens (including phenoxy) is 1. The Hall–Kier alpha value is -2.41. The molecule has 0 aliphatic carbocycles. The molecule has 3 aromatic rings. The van der Waals surface area contributed by atoms with Crippen molar-refractivity contribution in [2.45, 2.75) is 33.7 Å². The molecule has 6 nitrogen and oxygen atoms in total. The quantitative estimate of drug-likeness (QED) is 0.758. The van der Waals surface area contributed by atoms with E-state index in [1.807, 2.05) is 50.6 Å². The van der Waals surface area contributed by atoms with Gasteiger partial charge in [0.1, 0.15) is 5.75 Å². The van der Waals surface area contributed by atoms with E-state index in [-0.39, 0.29) is 11.9 Å². The molecule has 24 heavy (non-hydrogen) atoms. The highest BCUT2D eigenvalue weighted by Crippen LogP contribution is 2.29. The van der Waals surface area contributed by atoms with Gasteiger partial charge in [0.25, 0.3) is 5.91 Å². The van der Waals surface area contributed by atoms with Crippen molar-refractivity contribution >= 4 is 32.6 Å². The normalized spacial score (nSPS) is 11.2. The SMILES string of the molecule is CCOc1ccc2nc(NC(=O)c3cc(C)n(C(C)C)n3)sc2c1. The van der Waals surface area contributed by atoms with Gasteiger partial charge < -0.3 is 4.74 Å². The predicted octanol–water partition coefficient (Wildman–Crippen LogP) is 4.03. The van der Waals surface area contributed by atoms with E-state index < -0.39 is 0 Å². The van der Waals surface area contributed by atoms with Crippen LogP contribution in [0.2, 0.25) is 0 Å². The third-order valence-corrected chi connectivity index (χ3v) is 4.47. The summed E-state index contributed by atoms with van der Waals surface area (Å²) in [6.45, 7) is 8.57. The smallest absolute Gasteiger partial charge is 0.277 e. The number of aryl methyl sites for hydroxylation is 1. The summed E-state index contributed by atoms with van der Waals surface area (Å²) in [4.78, 5) is 16.8. The van der Waals surface area contributed by atoms with Crippen LogP contribution in [0, 0.1) is 6.92 Å². The number of nitrogens with one attached hydrogen (secondary N) is 1. The Morgan fingerprint density at radius 3 is 2.83 bits per heavy atom. The Morgan fingerprint density at radius 1 is 1.38 bits per heavy atom. The molecule has 126 valence electrons. The van der Waals surface area contributed by atoms with Gasteiger partial charge in [-0.3, -0.25) is 14.8 Å². The summed E-state index contributed by atoms with van der Waals surface area (Å²) >= 11 is 1.42. The van der Waals surface area contributed by atoms with Gasteiger partial charge in [-0.25, -0.2) is 4.98 Å². The van der Waals surface area contributed by atoms with Crippen molar-refractivity contribution in [3.05, 3.63) is 35.7 Å². The van der Waals surface area contributed by atoms with Crippen LogP contribution in [0.1, 0.15) is 43.0 Å². The summed E-state index contributed by atoms with van der Waals surface area (Å²) in [6, 6.07) is 7.71. The number of hydrogen-bond acceptors (Lipinski definition) is 5. The summed E-state index contributed by atoms with van der Waals surface area (Å²) < 4.78 is 8.30. The molecule has 0 atom stereocenters. The number of nitrogens with zero attached hydrogens (tertiary/aromatic N) is 3. The maximum Gasteiger partial charge on any atom is 0.277 e. The topological polar surface area (TPSA) is 69.0 Å². The molecule has 0 radical (unpaired) electrons. The van der Waals surface area contributed by atoms with Crippen LogP contribution < -0.4 is 10.1 Å². The maximum absolute atomic E-state index is 12.4. The zero-order valence-electron chi connectivity index (χ0n) is 14.2. The average Bonchev–Trinajstić information content (AvgIpc) is 3.10. The maximum atomic E-state index is 12.4. The third kappa shape index (κ3) is 3.26. The van der Waals surface area contributed by atoms with E-state index in [1.165, 1.54) is 11.3 Å². The molecule has 1 amide bonds. The minimum absolute atomic E-state index is 0.214. The minimum atomic E-state index is -0.249. The van der Waals surface area contributed by atoms with Gasteiger partial charge in [-0.1, -0.05) is 11.3 Å². The number of thiazole rings is 1. The second-order valence-corrected chi connectivity index (χ2v) is 6.78. The van der Waals surface area contributed by atoms with Crippen molar-refractivity contribution in [3.8, 4) is 5.75 Å². The van der Waals surface area contributed by atoms with Gasteiger partial charge in [0.2, 0.25) is 0 Å². The van der Waals surface area contributed by atoms with E-state index in [0.717, 1.165) is 21.7 Å². The molecule has 0 unspecified atom stereocenters. The largest absolute Gasteiger partial charge is 0.494 e. The van der Waals surface area contributed by atoms with Crippen LogP contribution in [0.15, 0.2) is 24.3 Å². The Balaban J connectivity index is 1.81. The molecule has 3 rings (SSSR count). The summed E-state index contributed by atoms with van der Waals surface area (Å²) in [5, 5.41) is 7.75. The summed E-state index contributed by atoms with van der Waals surface area (Å²) in [7, 11) is 0. The fourth-order valence-corrected chi connectivity index (χ4v) is 3.39. The molecule has 1 aromatic carbocycles. The van der Waals surface area contributed by atoms with Crippen molar-refractivity contribution in [3.63, 3.8) is 0 Å². The first-order valence-electron chi connectivity index (χ1n) is 7.88. The number of hydrogen-bond donors (Lipinski definition) is 1. The van der Waals surface area contributed by atoms with Crippen LogP contribution in [-0.4, -0.2) is 27.3 Å². The van der Waals surface area contributed by atoms with Gasteiger partial charge >= 0.3 is 0 Å². The number of anilines is 1. The fourth-order valence-electron chi connectivity index (χ4n) is 2.50. The standard InChI is InChI=1S/C17H20N4O2S/c1-5-23-12-6-7-13-15(9-12)24-17(18-13)19-16(22)14-8-11(4)21(20-14)10(2)3/h6-10H,5H2,1-4H3,(H,18,19,22). The molecule has 0 spiro atoms. The lowest BCUT2D eigenvalue weighted by Crippen LogP contribution is -2.13. The van der Waals surface area contributed by atoms with Crippen LogP contribution in [-0.2, 0) is 0 Å². The zero-order valence-corrected chi connectivity index (χ0v) is 15.0. The van der Waals surface area contributed by atoms with Crippen molar-refractivity contribution in [1.82, 2.24) is 14.8 Å². The van der Waals surface area contributed by atoms with Gasteiger partial charge in [-0.15, -0.1) is 0 Å². The van der Waals surface area contributed by atoms with Crippen molar-refractivity contribution in [2.75, 3.05) is 11.9 Å². The van der Waals surface area contributed by atoms with E-state index in [2.05, 4.69) is 15.4 Å². The minimum Gasteiger partial charge on any atom is -0.494 e. The molecule has 0 aliphatic heterocycles. The van der Waals surface area contributed by atoms with Crippen LogP contribution in [0.3, 0.4) is 0 Å². The lowest BCUT2D eigenvalue weighted by Gasteiger charge is -2.06. The lowest BCUT2D eigenvalue weighted by molar-refractivity contribution is 0.102. The monoisotopic (exact) mass is 344 g/mol. The Bertz CT molecular complexity index is 882. The number of rotatable bonds is 5. The summed E-state index contributed by atoms with van der Waals surface area (Å²) in [5.41, 5.74) is 2.19. The van der Waals surface area contributed by atoms with Crippen LogP contribution in [0.25, 0.3) is 10.2 Å². The lowest BCUT2D eigenvalue weighted by atomic mass is 10.3. The third-order valence-electron chi connectivity index (χ3n) is 3.54. The summed E-state index contributed by atoms with van der Waals surface area (Å²) in [6.07, 6.45) is 0. The van der Waals surface area contributed by atoms with Gasteiger partial charge in [0.15, 0.2) is 10.8 Å². The highest BCUT2D eigenvalue weighted by Gasteiger charge is 2.16. The molecule has 0 aliphatic rings. The molecule has 0 fully saturated rings. The van der Waals surface area contributed by atoms with Crippen molar-refractivity contribution in [2.24, 2.45) is 0 Å². The number of amides is 1. The molecule has 2 aromatic heterocycles. The number of carbonyl (C=O) groups is 1. The second kappa shape index (κ2) is 6.60. The van der Waals surface area contributed by atoms with Crippen molar-refractivity contribution in [1.29, 1.82) is 0 Å². The molecule has 0 saturated carbocycles. The van der Waals surface area contributed by atoms with Crippen LogP contribution in [0.4, 0.5) is 5.13 Å². The first-order valence-corrected chi connectivity index (χ1v) is 8.70. The first-order chi connectivity index (χ1) is 11.5. The fraction of sp³-hybridized carbons (Fsp3) is 0.353. The highest BCUT2D eigenvalue weighted by molar-refractivity contribution is 7.22. The Morgan fingerprint density at radius 2 is 2.17 bits per heavy atom. The highest BCUT2D eigenvalue weighted by atomic mass is 32.1. The molecule has 0 bridgehead atoms. The average molecular weight is 344 g/mol. The second-order valence-electron chi connectivity index (χ2n) is 5.74. The van der Waals surface area contributed by atoms with Crippen LogP contribution in [0.5, 0.6) is 5.75 Å². The van der Waals surface area contributed by atoms with Gasteiger partial charge in [-0.05, 0) is 52.0 Å². The number of benzene rings is 1. The Kier molecular flexibility index (Phi) is 4.53. The van der Waals surface area contributed by atoms with Gasteiger partial charge in [0, 0.05) is 11.7 Å². The Labute approximate surface area is 144 Å². The van der Waals surface area contributed by atoms with E-state index in [4.69, 9.17) is 4.74 Å². The number of aromatic nitrogens is 3. The number of carbonyl (C=O) groups excluding carboxylic acids is 1. The molecule has 0 saturated heterocycles. The van der Waals surface area contributed by atoms with Gasteiger partial charge in [0.05, 0.1) is 16.8 Å². The predicted molar refractivity (Wildman–Crippen MR) is 96.1 cm³/mol. The van der Waals surface area contributed by atoms with Crippen molar-refractivity contribution < 1.29 is 9.53 Å².